The van der Waals surface area contributed by atoms with Crippen molar-refractivity contribution in [2.24, 2.45) is 0 Å². The molecule has 5 heteroatoms. The van der Waals surface area contributed by atoms with Gasteiger partial charge in [0.1, 0.15) is 17.4 Å². The van der Waals surface area contributed by atoms with Gasteiger partial charge in [-0.1, -0.05) is 49.4 Å². The van der Waals surface area contributed by atoms with Gasteiger partial charge in [0.15, 0.2) is 0 Å². The van der Waals surface area contributed by atoms with E-state index >= 15 is 0 Å². The maximum atomic E-state index is 12.9. The van der Waals surface area contributed by atoms with Gasteiger partial charge in [-0.2, -0.15) is 0 Å². The standard InChI is InChI=1S/C24H28N2O2S/c1-4-19(3)26(24(27)14-20-10-6-5-7-11-20)15-21-17-29-23(25-21)16-28-22-12-8-9-18(2)13-22/h5-13,17,19H,4,14-16H2,1-3H3/t19-/m0/s1. The zero-order valence-corrected chi connectivity index (χ0v) is 18.1. The van der Waals surface area contributed by atoms with Crippen LogP contribution in [0.4, 0.5) is 0 Å². The number of hydrogen-bond donors (Lipinski definition) is 0. The molecule has 4 nitrogen and oxygen atoms in total. The number of ether oxygens (including phenoxy) is 1. The Morgan fingerprint density at radius 2 is 1.97 bits per heavy atom. The van der Waals surface area contributed by atoms with Crippen molar-refractivity contribution in [3.8, 4) is 5.75 Å². The molecule has 3 rings (SSSR count). The zero-order chi connectivity index (χ0) is 20.6. The predicted octanol–water partition coefficient (Wildman–Crippen LogP) is 5.40. The van der Waals surface area contributed by atoms with E-state index in [2.05, 4.69) is 13.8 Å². The Hall–Kier alpha value is -2.66. The van der Waals surface area contributed by atoms with Gasteiger partial charge in [0.05, 0.1) is 18.7 Å². The van der Waals surface area contributed by atoms with Crippen LogP contribution >= 0.6 is 11.3 Å². The van der Waals surface area contributed by atoms with E-state index in [4.69, 9.17) is 9.72 Å². The Bertz CT molecular complexity index is 923. The fourth-order valence-electron chi connectivity index (χ4n) is 3.09. The average Bonchev–Trinajstić information content (AvgIpc) is 3.18. The molecule has 1 atom stereocenters. The highest BCUT2D eigenvalue weighted by Gasteiger charge is 2.20. The molecule has 0 unspecified atom stereocenters. The molecule has 0 saturated heterocycles. The molecule has 0 bridgehead atoms. The molecular weight excluding hydrogens is 380 g/mol. The highest BCUT2D eigenvalue weighted by atomic mass is 32.1. The quantitative estimate of drug-likeness (QED) is 0.476. The second-order valence-electron chi connectivity index (χ2n) is 7.28. The van der Waals surface area contributed by atoms with Crippen LogP contribution < -0.4 is 4.74 Å². The minimum absolute atomic E-state index is 0.135. The Morgan fingerprint density at radius 3 is 2.69 bits per heavy atom. The van der Waals surface area contributed by atoms with Gasteiger partial charge in [0.2, 0.25) is 5.91 Å². The lowest BCUT2D eigenvalue weighted by Gasteiger charge is -2.28. The molecular formula is C24H28N2O2S. The number of rotatable bonds is 9. The molecule has 0 aliphatic heterocycles. The molecule has 29 heavy (non-hydrogen) atoms. The first-order chi connectivity index (χ1) is 14.0. The van der Waals surface area contributed by atoms with Crippen LogP contribution in [0.25, 0.3) is 0 Å². The molecule has 0 aliphatic carbocycles. The lowest BCUT2D eigenvalue weighted by atomic mass is 10.1. The molecule has 0 radical (unpaired) electrons. The van der Waals surface area contributed by atoms with Gasteiger partial charge in [-0.25, -0.2) is 4.98 Å². The van der Waals surface area contributed by atoms with Crippen molar-refractivity contribution in [2.45, 2.75) is 52.8 Å². The second-order valence-corrected chi connectivity index (χ2v) is 8.22. The zero-order valence-electron chi connectivity index (χ0n) is 17.3. The SMILES string of the molecule is CC[C@H](C)N(Cc1csc(COc2cccc(C)c2)n1)C(=O)Cc1ccccc1. The summed E-state index contributed by atoms with van der Waals surface area (Å²) in [4.78, 5) is 19.6. The average molecular weight is 409 g/mol. The number of hydrogen-bond acceptors (Lipinski definition) is 4. The van der Waals surface area contributed by atoms with E-state index < -0.39 is 0 Å². The summed E-state index contributed by atoms with van der Waals surface area (Å²) in [7, 11) is 0. The molecule has 1 aromatic heterocycles. The van der Waals surface area contributed by atoms with Crippen LogP contribution in [0.2, 0.25) is 0 Å². The molecule has 1 amide bonds. The summed E-state index contributed by atoms with van der Waals surface area (Å²) in [5.41, 5.74) is 3.12. The molecule has 0 N–H and O–H groups in total. The summed E-state index contributed by atoms with van der Waals surface area (Å²) in [5.74, 6) is 0.983. The second kappa shape index (κ2) is 10.2. The predicted molar refractivity (Wildman–Crippen MR) is 118 cm³/mol. The Labute approximate surface area is 177 Å². The van der Waals surface area contributed by atoms with Gasteiger partial charge in [-0.05, 0) is 43.5 Å². The van der Waals surface area contributed by atoms with E-state index in [1.165, 1.54) is 5.56 Å². The fraction of sp³-hybridized carbons (Fsp3) is 0.333. The topological polar surface area (TPSA) is 42.4 Å². The third-order valence-electron chi connectivity index (χ3n) is 4.92. The summed E-state index contributed by atoms with van der Waals surface area (Å²) >= 11 is 1.58. The third kappa shape index (κ3) is 6.16. The molecule has 0 fully saturated rings. The highest BCUT2D eigenvalue weighted by molar-refractivity contribution is 7.09. The first-order valence-corrected chi connectivity index (χ1v) is 10.9. The van der Waals surface area contributed by atoms with Gasteiger partial charge in [0.25, 0.3) is 0 Å². The first-order valence-electron chi connectivity index (χ1n) is 10.0. The number of thiazole rings is 1. The monoisotopic (exact) mass is 408 g/mol. The van der Waals surface area contributed by atoms with Crippen molar-refractivity contribution in [1.29, 1.82) is 0 Å². The summed E-state index contributed by atoms with van der Waals surface area (Å²) in [6, 6.07) is 18.1. The lowest BCUT2D eigenvalue weighted by Crippen LogP contribution is -2.38. The van der Waals surface area contributed by atoms with E-state index in [9.17, 15) is 4.79 Å². The smallest absolute Gasteiger partial charge is 0.227 e. The molecule has 0 aliphatic rings. The van der Waals surface area contributed by atoms with Crippen LogP contribution in [0, 0.1) is 6.92 Å². The van der Waals surface area contributed by atoms with Gasteiger partial charge in [-0.15, -0.1) is 11.3 Å². The van der Waals surface area contributed by atoms with Gasteiger partial charge >= 0.3 is 0 Å². The van der Waals surface area contributed by atoms with Gasteiger partial charge < -0.3 is 9.64 Å². The Balaban J connectivity index is 1.63. The van der Waals surface area contributed by atoms with E-state index in [0.29, 0.717) is 19.6 Å². The lowest BCUT2D eigenvalue weighted by molar-refractivity contribution is -0.133. The number of aromatic nitrogens is 1. The minimum Gasteiger partial charge on any atom is -0.486 e. The van der Waals surface area contributed by atoms with Crippen LogP contribution in [0.3, 0.4) is 0 Å². The van der Waals surface area contributed by atoms with Gasteiger partial charge in [-0.3, -0.25) is 4.79 Å². The number of nitrogens with zero attached hydrogens (tertiary/aromatic N) is 2. The van der Waals surface area contributed by atoms with Crippen molar-refractivity contribution in [3.05, 3.63) is 81.8 Å². The number of amides is 1. The molecule has 3 aromatic rings. The maximum absolute atomic E-state index is 12.9. The van der Waals surface area contributed by atoms with Crippen LogP contribution in [0.5, 0.6) is 5.75 Å². The summed E-state index contributed by atoms with van der Waals surface area (Å²) in [6.07, 6.45) is 1.33. The van der Waals surface area contributed by atoms with Crippen molar-refractivity contribution in [1.82, 2.24) is 9.88 Å². The summed E-state index contributed by atoms with van der Waals surface area (Å²) < 4.78 is 5.85. The van der Waals surface area contributed by atoms with Crippen molar-refractivity contribution in [2.75, 3.05) is 0 Å². The number of benzene rings is 2. The molecule has 0 spiro atoms. The van der Waals surface area contributed by atoms with Crippen LogP contribution in [-0.2, 0) is 24.4 Å². The van der Waals surface area contributed by atoms with E-state index in [1.807, 2.05) is 71.8 Å². The van der Waals surface area contributed by atoms with Crippen molar-refractivity contribution in [3.63, 3.8) is 0 Å². The molecule has 152 valence electrons. The summed E-state index contributed by atoms with van der Waals surface area (Å²) in [5, 5.41) is 2.95. The van der Waals surface area contributed by atoms with Crippen LogP contribution in [-0.4, -0.2) is 21.8 Å². The summed E-state index contributed by atoms with van der Waals surface area (Å²) in [6.45, 7) is 7.22. The van der Waals surface area contributed by atoms with Crippen LogP contribution in [0.1, 0.15) is 42.1 Å². The van der Waals surface area contributed by atoms with Crippen molar-refractivity contribution < 1.29 is 9.53 Å². The number of carbonyl (C=O) groups excluding carboxylic acids is 1. The van der Waals surface area contributed by atoms with E-state index in [1.54, 1.807) is 11.3 Å². The first kappa shape index (κ1) is 21.1. The van der Waals surface area contributed by atoms with Gasteiger partial charge in [0, 0.05) is 11.4 Å². The van der Waals surface area contributed by atoms with E-state index in [-0.39, 0.29) is 11.9 Å². The van der Waals surface area contributed by atoms with Crippen molar-refractivity contribution >= 4 is 17.2 Å². The molecule has 0 saturated carbocycles. The Kier molecular flexibility index (Phi) is 7.42. The maximum Gasteiger partial charge on any atom is 0.227 e. The Morgan fingerprint density at radius 1 is 1.17 bits per heavy atom. The third-order valence-corrected chi connectivity index (χ3v) is 5.80. The largest absolute Gasteiger partial charge is 0.486 e. The normalized spacial score (nSPS) is 11.8. The molecule has 1 heterocycles. The fourth-order valence-corrected chi connectivity index (χ4v) is 3.79. The molecule has 2 aromatic carbocycles. The minimum atomic E-state index is 0.135. The number of aryl methyl sites for hydroxylation is 1. The van der Waals surface area contributed by atoms with E-state index in [0.717, 1.165) is 28.4 Å². The highest BCUT2D eigenvalue weighted by Crippen LogP contribution is 2.19. The van der Waals surface area contributed by atoms with Crippen LogP contribution in [0.15, 0.2) is 60.0 Å². The number of carbonyl (C=O) groups is 1.